The molecule has 3 heterocycles. The van der Waals surface area contributed by atoms with Crippen molar-refractivity contribution in [1.82, 2.24) is 20.0 Å². The van der Waals surface area contributed by atoms with Crippen LogP contribution in [-0.2, 0) is 16.1 Å². The quantitative estimate of drug-likeness (QED) is 0.612. The third kappa shape index (κ3) is 7.48. The van der Waals surface area contributed by atoms with Crippen LogP contribution in [0.3, 0.4) is 0 Å². The fourth-order valence-corrected chi connectivity index (χ4v) is 5.34. The van der Waals surface area contributed by atoms with E-state index in [9.17, 15) is 4.79 Å². The van der Waals surface area contributed by atoms with Crippen LogP contribution in [0.15, 0.2) is 17.5 Å². The maximum atomic E-state index is 12.7. The van der Waals surface area contributed by atoms with Crippen molar-refractivity contribution in [3.63, 3.8) is 0 Å². The molecule has 0 bridgehead atoms. The number of rotatable bonds is 8. The number of likely N-dealkylation sites (tertiary alicyclic amines) is 1. The average Bonchev–Trinajstić information content (AvgIpc) is 3.24. The summed E-state index contributed by atoms with van der Waals surface area (Å²) in [6.07, 6.45) is 2.25. The molecular weight excluding hydrogens is 416 g/mol. The zero-order chi connectivity index (χ0) is 21.3. The molecule has 1 aromatic heterocycles. The van der Waals surface area contributed by atoms with Crippen molar-refractivity contribution in [1.29, 1.82) is 0 Å². The van der Waals surface area contributed by atoms with Crippen LogP contribution >= 0.6 is 23.6 Å². The van der Waals surface area contributed by atoms with E-state index in [1.165, 1.54) is 11.3 Å². The number of thiocarbonyl (C=S) groups is 1. The van der Waals surface area contributed by atoms with Gasteiger partial charge in [0, 0.05) is 44.1 Å². The normalized spacial score (nSPS) is 22.7. The number of morpholine rings is 1. The molecule has 3 rings (SSSR count). The van der Waals surface area contributed by atoms with Crippen molar-refractivity contribution >= 4 is 34.6 Å². The van der Waals surface area contributed by atoms with Gasteiger partial charge in [-0.1, -0.05) is 19.9 Å². The molecule has 2 atom stereocenters. The Kier molecular flexibility index (Phi) is 9.36. The summed E-state index contributed by atoms with van der Waals surface area (Å²) in [7, 11) is 0. The van der Waals surface area contributed by atoms with Gasteiger partial charge in [-0.2, -0.15) is 0 Å². The van der Waals surface area contributed by atoms with E-state index >= 15 is 0 Å². The number of hydrogen-bond donors (Lipinski definition) is 1. The Hall–Kier alpha value is -1.22. The summed E-state index contributed by atoms with van der Waals surface area (Å²) in [5.41, 5.74) is 0. The highest BCUT2D eigenvalue weighted by Crippen LogP contribution is 2.20. The summed E-state index contributed by atoms with van der Waals surface area (Å²) in [4.78, 5) is 20.7. The van der Waals surface area contributed by atoms with Crippen molar-refractivity contribution in [2.24, 2.45) is 11.8 Å². The summed E-state index contributed by atoms with van der Waals surface area (Å²) in [6.45, 7) is 12.8. The molecule has 30 heavy (non-hydrogen) atoms. The first-order chi connectivity index (χ1) is 14.5. The second-order valence-electron chi connectivity index (χ2n) is 8.71. The highest BCUT2D eigenvalue weighted by atomic mass is 32.1. The summed E-state index contributed by atoms with van der Waals surface area (Å²) in [5.74, 6) is 1.29. The Balaban J connectivity index is 1.48. The van der Waals surface area contributed by atoms with Gasteiger partial charge < -0.3 is 19.9 Å². The van der Waals surface area contributed by atoms with E-state index in [0.717, 1.165) is 65.4 Å². The lowest BCUT2D eigenvalue weighted by Crippen LogP contribution is -2.49. The number of amides is 1. The zero-order valence-electron chi connectivity index (χ0n) is 18.3. The fraction of sp³-hybridized carbons (Fsp3) is 0.727. The number of carbonyl (C=O) groups is 1. The molecule has 0 spiro atoms. The fourth-order valence-electron chi connectivity index (χ4n) is 4.39. The molecule has 0 radical (unpaired) electrons. The number of hydrogen-bond acceptors (Lipinski definition) is 5. The predicted octanol–water partition coefficient (Wildman–Crippen LogP) is 2.65. The molecule has 8 heteroatoms. The Morgan fingerprint density at radius 1 is 1.30 bits per heavy atom. The number of thiophene rings is 1. The minimum atomic E-state index is 0.153. The van der Waals surface area contributed by atoms with Crippen LogP contribution in [0.1, 0.15) is 31.6 Å². The summed E-state index contributed by atoms with van der Waals surface area (Å²) < 4.78 is 5.44. The number of carbonyl (C=O) groups excluding carboxylic acids is 1. The molecule has 1 amide bonds. The standard InChI is InChI=1S/C22H36N4O2S2/c1-18-13-19(2)16-26(15-18)21(27)14-23-22(29)25(17-20-5-3-12-30-20)7-4-6-24-8-10-28-11-9-24/h3,5,12,18-19H,4,6-11,13-17H2,1-2H3,(H,23,29). The maximum absolute atomic E-state index is 12.7. The van der Waals surface area contributed by atoms with Gasteiger partial charge in [-0.15, -0.1) is 11.3 Å². The number of nitrogens with one attached hydrogen (secondary N) is 1. The smallest absolute Gasteiger partial charge is 0.241 e. The van der Waals surface area contributed by atoms with E-state index in [1.54, 1.807) is 11.3 Å². The van der Waals surface area contributed by atoms with Gasteiger partial charge in [-0.3, -0.25) is 9.69 Å². The molecule has 6 nitrogen and oxygen atoms in total. The van der Waals surface area contributed by atoms with Crippen LogP contribution in [0.4, 0.5) is 0 Å². The Morgan fingerprint density at radius 3 is 2.70 bits per heavy atom. The molecule has 1 N–H and O–H groups in total. The van der Waals surface area contributed by atoms with Gasteiger partial charge >= 0.3 is 0 Å². The van der Waals surface area contributed by atoms with E-state index < -0.39 is 0 Å². The van der Waals surface area contributed by atoms with Crippen LogP contribution in [0.2, 0.25) is 0 Å². The van der Waals surface area contributed by atoms with Crippen LogP contribution in [0.5, 0.6) is 0 Å². The highest BCUT2D eigenvalue weighted by Gasteiger charge is 2.25. The summed E-state index contributed by atoms with van der Waals surface area (Å²) >= 11 is 7.45. The molecule has 2 aliphatic heterocycles. The largest absolute Gasteiger partial charge is 0.379 e. The third-order valence-electron chi connectivity index (χ3n) is 5.83. The number of piperidine rings is 1. The van der Waals surface area contributed by atoms with Crippen LogP contribution < -0.4 is 5.32 Å². The summed E-state index contributed by atoms with van der Waals surface area (Å²) in [6, 6.07) is 4.22. The lowest BCUT2D eigenvalue weighted by Gasteiger charge is -2.35. The number of ether oxygens (including phenoxy) is 1. The second kappa shape index (κ2) is 12.0. The SMILES string of the molecule is CC1CC(C)CN(C(=O)CNC(=S)N(CCCN2CCOCC2)Cc2cccs2)C1. The predicted molar refractivity (Wildman–Crippen MR) is 127 cm³/mol. The first-order valence-corrected chi connectivity index (χ1v) is 12.4. The first kappa shape index (κ1) is 23.4. The molecular formula is C22H36N4O2S2. The highest BCUT2D eigenvalue weighted by molar-refractivity contribution is 7.80. The summed E-state index contributed by atoms with van der Waals surface area (Å²) in [5, 5.41) is 6.02. The Morgan fingerprint density at radius 2 is 2.03 bits per heavy atom. The van der Waals surface area contributed by atoms with Gasteiger partial charge in [0.15, 0.2) is 5.11 Å². The van der Waals surface area contributed by atoms with Gasteiger partial charge in [0.05, 0.1) is 26.3 Å². The van der Waals surface area contributed by atoms with Gasteiger partial charge in [0.2, 0.25) is 5.91 Å². The van der Waals surface area contributed by atoms with Crippen molar-refractivity contribution in [2.75, 3.05) is 59.0 Å². The molecule has 0 saturated carbocycles. The van der Waals surface area contributed by atoms with Gasteiger partial charge in [-0.25, -0.2) is 0 Å². The molecule has 2 fully saturated rings. The monoisotopic (exact) mass is 452 g/mol. The molecule has 0 aromatic carbocycles. The molecule has 2 aliphatic rings. The third-order valence-corrected chi connectivity index (χ3v) is 7.10. The lowest BCUT2D eigenvalue weighted by atomic mass is 9.92. The van der Waals surface area contributed by atoms with Crippen LogP contribution in [0, 0.1) is 11.8 Å². The van der Waals surface area contributed by atoms with Gasteiger partial charge in [0.1, 0.15) is 0 Å². The maximum Gasteiger partial charge on any atom is 0.241 e. The molecule has 1 aromatic rings. The average molecular weight is 453 g/mol. The minimum Gasteiger partial charge on any atom is -0.379 e. The van der Waals surface area contributed by atoms with E-state index in [4.69, 9.17) is 17.0 Å². The second-order valence-corrected chi connectivity index (χ2v) is 10.1. The Labute approximate surface area is 190 Å². The van der Waals surface area contributed by atoms with Crippen molar-refractivity contribution in [2.45, 2.75) is 33.2 Å². The van der Waals surface area contributed by atoms with Crippen molar-refractivity contribution < 1.29 is 9.53 Å². The van der Waals surface area contributed by atoms with Crippen molar-refractivity contribution in [3.05, 3.63) is 22.4 Å². The molecule has 2 unspecified atom stereocenters. The molecule has 2 saturated heterocycles. The zero-order valence-corrected chi connectivity index (χ0v) is 20.0. The lowest BCUT2D eigenvalue weighted by molar-refractivity contribution is -0.132. The van der Waals surface area contributed by atoms with E-state index in [0.29, 0.717) is 16.9 Å². The Bertz CT molecular complexity index is 654. The van der Waals surface area contributed by atoms with E-state index in [2.05, 4.69) is 46.5 Å². The molecule has 0 aliphatic carbocycles. The van der Waals surface area contributed by atoms with Crippen LogP contribution in [-0.4, -0.2) is 84.7 Å². The minimum absolute atomic E-state index is 0.153. The van der Waals surface area contributed by atoms with E-state index in [-0.39, 0.29) is 12.5 Å². The van der Waals surface area contributed by atoms with E-state index in [1.807, 2.05) is 4.90 Å². The van der Waals surface area contributed by atoms with Crippen molar-refractivity contribution in [3.8, 4) is 0 Å². The van der Waals surface area contributed by atoms with Gasteiger partial charge in [-0.05, 0) is 48.3 Å². The topological polar surface area (TPSA) is 48.1 Å². The first-order valence-electron chi connectivity index (χ1n) is 11.1. The number of nitrogens with zero attached hydrogens (tertiary/aromatic N) is 3. The van der Waals surface area contributed by atoms with Gasteiger partial charge in [0.25, 0.3) is 0 Å². The van der Waals surface area contributed by atoms with Crippen LogP contribution in [0.25, 0.3) is 0 Å². The molecule has 168 valence electrons.